The number of thiazole rings is 1. The van der Waals surface area contributed by atoms with Crippen molar-refractivity contribution in [3.8, 4) is 0 Å². The van der Waals surface area contributed by atoms with Crippen LogP contribution in [0.15, 0.2) is 4.34 Å². The average molecular weight is 222 g/mol. The number of aryl methyl sites for hydroxylation is 2. The molecule has 1 aromatic rings. The third-order valence-electron chi connectivity index (χ3n) is 1.46. The molecule has 0 aliphatic carbocycles. The molecule has 0 aromatic carbocycles. The Balaban J connectivity index is 2.70. The second-order valence-corrected chi connectivity index (χ2v) is 5.33. The van der Waals surface area contributed by atoms with Crippen LogP contribution in [0.3, 0.4) is 0 Å². The van der Waals surface area contributed by atoms with Crippen LogP contribution < -0.4 is 0 Å². The predicted molar refractivity (Wildman–Crippen MR) is 57.7 cm³/mol. The van der Waals surface area contributed by atoms with Crippen LogP contribution in [0.1, 0.15) is 17.5 Å². The van der Waals surface area contributed by atoms with Gasteiger partial charge in [-0.15, -0.1) is 22.9 Å². The molecule has 12 heavy (non-hydrogen) atoms. The molecule has 0 fully saturated rings. The van der Waals surface area contributed by atoms with Gasteiger partial charge in [-0.25, -0.2) is 4.98 Å². The molecule has 0 unspecified atom stereocenters. The Morgan fingerprint density at radius 3 is 2.92 bits per heavy atom. The lowest BCUT2D eigenvalue weighted by molar-refractivity contribution is 1.09. The van der Waals surface area contributed by atoms with Crippen LogP contribution in [0.4, 0.5) is 0 Å². The molecular weight excluding hydrogens is 210 g/mol. The molecule has 1 heterocycles. The largest absolute Gasteiger partial charge is 0.235 e. The molecule has 0 aliphatic rings. The van der Waals surface area contributed by atoms with Gasteiger partial charge in [0.2, 0.25) is 0 Å². The summed E-state index contributed by atoms with van der Waals surface area (Å²) in [5.74, 6) is 1.78. The highest BCUT2D eigenvalue weighted by molar-refractivity contribution is 8.01. The van der Waals surface area contributed by atoms with E-state index < -0.39 is 0 Å². The summed E-state index contributed by atoms with van der Waals surface area (Å²) in [4.78, 5) is 5.78. The molecule has 0 spiro atoms. The molecule has 1 aromatic heterocycles. The highest BCUT2D eigenvalue weighted by Crippen LogP contribution is 2.27. The third kappa shape index (κ3) is 2.64. The van der Waals surface area contributed by atoms with Crippen LogP contribution in [-0.4, -0.2) is 16.6 Å². The zero-order valence-electron chi connectivity index (χ0n) is 7.26. The zero-order chi connectivity index (χ0) is 8.97. The Morgan fingerprint density at radius 1 is 1.58 bits per heavy atom. The molecule has 0 aliphatic heterocycles. The predicted octanol–water partition coefficient (Wildman–Crippen LogP) is 3.34. The van der Waals surface area contributed by atoms with E-state index in [0.717, 1.165) is 17.9 Å². The van der Waals surface area contributed by atoms with Crippen LogP contribution in [0.25, 0.3) is 0 Å². The molecule has 0 N–H and O–H groups in total. The van der Waals surface area contributed by atoms with E-state index in [2.05, 4.69) is 18.8 Å². The maximum atomic E-state index is 5.67. The fourth-order valence-corrected chi connectivity index (χ4v) is 3.34. The molecule has 0 saturated heterocycles. The van der Waals surface area contributed by atoms with Gasteiger partial charge in [0.15, 0.2) is 0 Å². The molecule has 0 radical (unpaired) electrons. The second-order valence-electron chi connectivity index (χ2n) is 2.36. The fraction of sp³-hybridized carbons (Fsp3) is 0.625. The standard InChI is InChI=1S/C8H12ClNS2/c1-3-11-8-10-6(2)7(12-8)4-5-9/h3-5H2,1-2H3. The minimum atomic E-state index is 0.694. The quantitative estimate of drug-likeness (QED) is 0.572. The van der Waals surface area contributed by atoms with Crippen molar-refractivity contribution < 1.29 is 0 Å². The van der Waals surface area contributed by atoms with Crippen molar-refractivity contribution in [3.63, 3.8) is 0 Å². The number of nitrogens with zero attached hydrogens (tertiary/aromatic N) is 1. The monoisotopic (exact) mass is 221 g/mol. The van der Waals surface area contributed by atoms with Gasteiger partial charge >= 0.3 is 0 Å². The summed E-state index contributed by atoms with van der Waals surface area (Å²) < 4.78 is 1.18. The summed E-state index contributed by atoms with van der Waals surface area (Å²) in [6.45, 7) is 4.20. The van der Waals surface area contributed by atoms with Gasteiger partial charge in [-0.3, -0.25) is 0 Å². The second kappa shape index (κ2) is 5.10. The van der Waals surface area contributed by atoms with Crippen molar-refractivity contribution in [2.24, 2.45) is 0 Å². The van der Waals surface area contributed by atoms with E-state index in [0.29, 0.717) is 5.88 Å². The molecular formula is C8H12ClNS2. The molecule has 68 valence electrons. The highest BCUT2D eigenvalue weighted by atomic mass is 35.5. The van der Waals surface area contributed by atoms with E-state index in [4.69, 9.17) is 11.6 Å². The van der Waals surface area contributed by atoms with Crippen LogP contribution in [0, 0.1) is 6.92 Å². The van der Waals surface area contributed by atoms with Gasteiger partial charge in [-0.05, 0) is 19.1 Å². The van der Waals surface area contributed by atoms with Gasteiger partial charge in [0.25, 0.3) is 0 Å². The molecule has 4 heteroatoms. The topological polar surface area (TPSA) is 12.9 Å². The number of hydrogen-bond donors (Lipinski definition) is 0. The van der Waals surface area contributed by atoms with Crippen molar-refractivity contribution >= 4 is 34.7 Å². The number of thioether (sulfide) groups is 1. The van der Waals surface area contributed by atoms with Crippen LogP contribution in [0.5, 0.6) is 0 Å². The van der Waals surface area contributed by atoms with E-state index in [1.165, 1.54) is 9.22 Å². The normalized spacial score (nSPS) is 10.6. The van der Waals surface area contributed by atoms with Crippen molar-refractivity contribution in [1.29, 1.82) is 0 Å². The van der Waals surface area contributed by atoms with Gasteiger partial charge < -0.3 is 0 Å². The number of hydrogen-bond acceptors (Lipinski definition) is 3. The summed E-state index contributed by atoms with van der Waals surface area (Å²) in [5, 5.41) is 0. The summed E-state index contributed by atoms with van der Waals surface area (Å²) in [6, 6.07) is 0. The maximum absolute atomic E-state index is 5.67. The SMILES string of the molecule is CCSc1nc(C)c(CCCl)s1. The van der Waals surface area contributed by atoms with Gasteiger partial charge in [-0.1, -0.05) is 18.7 Å². The van der Waals surface area contributed by atoms with E-state index in [9.17, 15) is 0 Å². The summed E-state index contributed by atoms with van der Waals surface area (Å²) >= 11 is 9.24. The number of aromatic nitrogens is 1. The first-order valence-electron chi connectivity index (χ1n) is 3.93. The van der Waals surface area contributed by atoms with Gasteiger partial charge in [-0.2, -0.15) is 0 Å². The van der Waals surface area contributed by atoms with Crippen molar-refractivity contribution in [1.82, 2.24) is 4.98 Å². The molecule has 1 nitrogen and oxygen atoms in total. The maximum Gasteiger partial charge on any atom is 0.150 e. The minimum Gasteiger partial charge on any atom is -0.235 e. The first-order valence-corrected chi connectivity index (χ1v) is 6.26. The third-order valence-corrected chi connectivity index (χ3v) is 3.89. The number of rotatable bonds is 4. The fourth-order valence-electron chi connectivity index (χ4n) is 0.904. The first kappa shape index (κ1) is 10.4. The summed E-state index contributed by atoms with van der Waals surface area (Å²) in [5.41, 5.74) is 1.15. The summed E-state index contributed by atoms with van der Waals surface area (Å²) in [7, 11) is 0. The molecule has 0 saturated carbocycles. The van der Waals surface area contributed by atoms with E-state index in [1.54, 1.807) is 23.1 Å². The zero-order valence-corrected chi connectivity index (χ0v) is 9.65. The molecule has 0 atom stereocenters. The van der Waals surface area contributed by atoms with E-state index in [-0.39, 0.29) is 0 Å². The van der Waals surface area contributed by atoms with Gasteiger partial charge in [0.1, 0.15) is 4.34 Å². The Morgan fingerprint density at radius 2 is 2.33 bits per heavy atom. The molecule has 0 amide bonds. The molecule has 1 rings (SSSR count). The van der Waals surface area contributed by atoms with E-state index in [1.807, 2.05) is 0 Å². The highest BCUT2D eigenvalue weighted by Gasteiger charge is 2.05. The van der Waals surface area contributed by atoms with Crippen LogP contribution in [0.2, 0.25) is 0 Å². The lowest BCUT2D eigenvalue weighted by Crippen LogP contribution is -1.83. The Bertz CT molecular complexity index is 247. The minimum absolute atomic E-state index is 0.694. The Kier molecular flexibility index (Phi) is 4.40. The lowest BCUT2D eigenvalue weighted by atomic mass is 10.3. The first-order chi connectivity index (χ1) is 5.77. The summed E-state index contributed by atoms with van der Waals surface area (Å²) in [6.07, 6.45) is 0.954. The number of alkyl halides is 1. The Labute approximate surface area is 86.5 Å². The van der Waals surface area contributed by atoms with Gasteiger partial charge in [0, 0.05) is 10.8 Å². The number of halogens is 1. The van der Waals surface area contributed by atoms with Crippen LogP contribution in [-0.2, 0) is 6.42 Å². The Hall–Kier alpha value is 0.270. The van der Waals surface area contributed by atoms with Crippen molar-refractivity contribution in [2.75, 3.05) is 11.6 Å². The van der Waals surface area contributed by atoms with E-state index >= 15 is 0 Å². The van der Waals surface area contributed by atoms with Crippen molar-refractivity contribution in [2.45, 2.75) is 24.6 Å². The lowest BCUT2D eigenvalue weighted by Gasteiger charge is -1.89. The average Bonchev–Trinajstić information content (AvgIpc) is 2.34. The smallest absolute Gasteiger partial charge is 0.150 e. The van der Waals surface area contributed by atoms with Crippen molar-refractivity contribution in [3.05, 3.63) is 10.6 Å². The molecule has 0 bridgehead atoms. The van der Waals surface area contributed by atoms with Crippen LogP contribution >= 0.6 is 34.7 Å². The van der Waals surface area contributed by atoms with Gasteiger partial charge in [0.05, 0.1) is 5.69 Å².